The van der Waals surface area contributed by atoms with E-state index in [9.17, 15) is 9.59 Å². The number of amides is 2. The lowest BCUT2D eigenvalue weighted by Crippen LogP contribution is -2.43. The molecule has 0 saturated carbocycles. The van der Waals surface area contributed by atoms with Crippen LogP contribution in [-0.2, 0) is 4.79 Å². The summed E-state index contributed by atoms with van der Waals surface area (Å²) in [6, 6.07) is 13.7. The second kappa shape index (κ2) is 10.4. The molecule has 2 atom stereocenters. The molecule has 33 heavy (non-hydrogen) atoms. The number of hydrogen-bond donors (Lipinski definition) is 0. The summed E-state index contributed by atoms with van der Waals surface area (Å²) >= 11 is 0. The van der Waals surface area contributed by atoms with E-state index in [-0.39, 0.29) is 23.7 Å². The molecule has 2 aromatic rings. The zero-order valence-corrected chi connectivity index (χ0v) is 19.9. The zero-order valence-electron chi connectivity index (χ0n) is 19.9. The van der Waals surface area contributed by atoms with E-state index in [2.05, 4.69) is 4.98 Å². The Morgan fingerprint density at radius 1 is 1.03 bits per heavy atom. The van der Waals surface area contributed by atoms with Gasteiger partial charge in [0.05, 0.1) is 6.61 Å². The van der Waals surface area contributed by atoms with Crippen molar-refractivity contribution in [2.75, 3.05) is 32.8 Å². The second-order valence-corrected chi connectivity index (χ2v) is 9.74. The first-order valence-corrected chi connectivity index (χ1v) is 12.1. The Kier molecular flexibility index (Phi) is 7.31. The normalized spacial score (nSPS) is 21.5. The number of aryl methyl sites for hydroxylation is 1. The van der Waals surface area contributed by atoms with Gasteiger partial charge < -0.3 is 14.5 Å². The summed E-state index contributed by atoms with van der Waals surface area (Å²) < 4.78 is 6.14. The predicted molar refractivity (Wildman–Crippen MR) is 128 cm³/mol. The highest BCUT2D eigenvalue weighted by molar-refractivity contribution is 5.93. The monoisotopic (exact) mass is 449 g/mol. The van der Waals surface area contributed by atoms with Gasteiger partial charge in [-0.1, -0.05) is 38.1 Å². The third-order valence-electron chi connectivity index (χ3n) is 7.15. The Labute approximate surface area is 196 Å². The lowest BCUT2D eigenvalue weighted by molar-refractivity contribution is -0.136. The SMILES string of the molecule is Cc1cccnc1C(=O)N1C[C@@H](COc2ccccc2)[C@H](C2CCN(C(=O)C(C)C)CC2)C1. The van der Waals surface area contributed by atoms with E-state index in [1.54, 1.807) is 6.20 Å². The summed E-state index contributed by atoms with van der Waals surface area (Å²) in [6.45, 7) is 9.46. The van der Waals surface area contributed by atoms with Crippen LogP contribution in [0.3, 0.4) is 0 Å². The van der Waals surface area contributed by atoms with Crippen LogP contribution in [0.4, 0.5) is 0 Å². The molecule has 0 N–H and O–H groups in total. The lowest BCUT2D eigenvalue weighted by atomic mass is 9.78. The summed E-state index contributed by atoms with van der Waals surface area (Å²) in [5, 5.41) is 0. The molecule has 2 aliphatic rings. The number of para-hydroxylation sites is 1. The number of likely N-dealkylation sites (tertiary alicyclic amines) is 2. The molecule has 1 aromatic heterocycles. The van der Waals surface area contributed by atoms with Crippen molar-refractivity contribution in [3.63, 3.8) is 0 Å². The van der Waals surface area contributed by atoms with Gasteiger partial charge in [-0.3, -0.25) is 14.6 Å². The number of piperidine rings is 1. The smallest absolute Gasteiger partial charge is 0.272 e. The molecule has 176 valence electrons. The van der Waals surface area contributed by atoms with Gasteiger partial charge in [-0.05, 0) is 55.4 Å². The first-order valence-electron chi connectivity index (χ1n) is 12.1. The van der Waals surface area contributed by atoms with Gasteiger partial charge in [0.2, 0.25) is 5.91 Å². The van der Waals surface area contributed by atoms with Crippen LogP contribution in [-0.4, -0.2) is 59.4 Å². The maximum atomic E-state index is 13.3. The van der Waals surface area contributed by atoms with Crippen LogP contribution in [0.15, 0.2) is 48.7 Å². The van der Waals surface area contributed by atoms with Crippen molar-refractivity contribution >= 4 is 11.8 Å². The number of benzene rings is 1. The highest BCUT2D eigenvalue weighted by Crippen LogP contribution is 2.37. The van der Waals surface area contributed by atoms with E-state index >= 15 is 0 Å². The standard InChI is InChI=1S/C27H35N3O3/c1-19(2)26(31)29-14-11-21(12-15-29)24-17-30(27(32)25-20(3)8-7-13-28-25)16-22(24)18-33-23-9-5-4-6-10-23/h4-10,13,19,21-22,24H,11-12,14-18H2,1-3H3/t22-,24-/m0/s1. The fraction of sp³-hybridized carbons (Fsp3) is 0.519. The highest BCUT2D eigenvalue weighted by atomic mass is 16.5. The number of nitrogens with zero attached hydrogens (tertiary/aromatic N) is 3. The summed E-state index contributed by atoms with van der Waals surface area (Å²) in [5.74, 6) is 2.24. The third kappa shape index (κ3) is 5.37. The Morgan fingerprint density at radius 2 is 1.76 bits per heavy atom. The first kappa shape index (κ1) is 23.3. The van der Waals surface area contributed by atoms with E-state index in [4.69, 9.17) is 4.74 Å². The Balaban J connectivity index is 1.46. The third-order valence-corrected chi connectivity index (χ3v) is 7.15. The van der Waals surface area contributed by atoms with Crippen molar-refractivity contribution in [3.8, 4) is 5.75 Å². The van der Waals surface area contributed by atoms with Crippen molar-refractivity contribution < 1.29 is 14.3 Å². The van der Waals surface area contributed by atoms with Crippen molar-refractivity contribution in [2.24, 2.45) is 23.7 Å². The molecular formula is C27H35N3O3. The van der Waals surface area contributed by atoms with E-state index in [0.717, 1.165) is 43.8 Å². The molecule has 6 heteroatoms. The molecular weight excluding hydrogens is 414 g/mol. The van der Waals surface area contributed by atoms with E-state index < -0.39 is 0 Å². The molecule has 3 heterocycles. The first-order chi connectivity index (χ1) is 15.9. The van der Waals surface area contributed by atoms with Crippen LogP contribution >= 0.6 is 0 Å². The van der Waals surface area contributed by atoms with E-state index in [1.807, 2.05) is 73.0 Å². The minimum Gasteiger partial charge on any atom is -0.493 e. The van der Waals surface area contributed by atoms with Crippen LogP contribution in [0.2, 0.25) is 0 Å². The highest BCUT2D eigenvalue weighted by Gasteiger charge is 2.42. The molecule has 6 nitrogen and oxygen atoms in total. The fourth-order valence-electron chi connectivity index (χ4n) is 5.27. The van der Waals surface area contributed by atoms with Gasteiger partial charge in [-0.15, -0.1) is 0 Å². The van der Waals surface area contributed by atoms with Crippen LogP contribution in [0.25, 0.3) is 0 Å². The minimum atomic E-state index is 0.00716. The molecule has 0 bridgehead atoms. The molecule has 2 aliphatic heterocycles. The molecule has 0 unspecified atom stereocenters. The molecule has 0 radical (unpaired) electrons. The number of aromatic nitrogens is 1. The van der Waals surface area contributed by atoms with Crippen LogP contribution in [0.1, 0.15) is 42.7 Å². The Hall–Kier alpha value is -2.89. The topological polar surface area (TPSA) is 62.7 Å². The minimum absolute atomic E-state index is 0.00716. The van der Waals surface area contributed by atoms with Crippen LogP contribution in [0, 0.1) is 30.6 Å². The molecule has 2 amide bonds. The molecule has 0 aliphatic carbocycles. The van der Waals surface area contributed by atoms with Crippen molar-refractivity contribution in [1.82, 2.24) is 14.8 Å². The number of ether oxygens (including phenoxy) is 1. The summed E-state index contributed by atoms with van der Waals surface area (Å²) in [6.07, 6.45) is 3.65. The molecule has 2 fully saturated rings. The fourth-order valence-corrected chi connectivity index (χ4v) is 5.27. The number of pyridine rings is 1. The summed E-state index contributed by atoms with van der Waals surface area (Å²) in [5.41, 5.74) is 1.45. The quantitative estimate of drug-likeness (QED) is 0.667. The number of hydrogen-bond acceptors (Lipinski definition) is 4. The molecule has 0 spiro atoms. The number of rotatable bonds is 6. The molecule has 1 aromatic carbocycles. The Morgan fingerprint density at radius 3 is 2.42 bits per heavy atom. The van der Waals surface area contributed by atoms with E-state index in [0.29, 0.717) is 30.7 Å². The summed E-state index contributed by atoms with van der Waals surface area (Å²) in [7, 11) is 0. The van der Waals surface area contributed by atoms with E-state index in [1.165, 1.54) is 0 Å². The molecule has 2 saturated heterocycles. The van der Waals surface area contributed by atoms with Gasteiger partial charge in [0, 0.05) is 44.2 Å². The van der Waals surface area contributed by atoms with Gasteiger partial charge in [0.1, 0.15) is 11.4 Å². The van der Waals surface area contributed by atoms with Crippen LogP contribution in [0.5, 0.6) is 5.75 Å². The van der Waals surface area contributed by atoms with Gasteiger partial charge in [-0.25, -0.2) is 0 Å². The number of carbonyl (C=O) groups excluding carboxylic acids is 2. The molecule has 4 rings (SSSR count). The zero-order chi connectivity index (χ0) is 23.4. The lowest BCUT2D eigenvalue weighted by Gasteiger charge is -2.37. The largest absolute Gasteiger partial charge is 0.493 e. The van der Waals surface area contributed by atoms with Crippen molar-refractivity contribution in [3.05, 3.63) is 59.9 Å². The van der Waals surface area contributed by atoms with Gasteiger partial charge in [-0.2, -0.15) is 0 Å². The maximum Gasteiger partial charge on any atom is 0.272 e. The van der Waals surface area contributed by atoms with Gasteiger partial charge in [0.25, 0.3) is 5.91 Å². The number of carbonyl (C=O) groups is 2. The average molecular weight is 450 g/mol. The predicted octanol–water partition coefficient (Wildman–Crippen LogP) is 4.05. The van der Waals surface area contributed by atoms with Gasteiger partial charge >= 0.3 is 0 Å². The van der Waals surface area contributed by atoms with Crippen LogP contribution < -0.4 is 4.74 Å². The Bertz CT molecular complexity index is 954. The van der Waals surface area contributed by atoms with Crippen molar-refractivity contribution in [2.45, 2.75) is 33.6 Å². The van der Waals surface area contributed by atoms with Gasteiger partial charge in [0.15, 0.2) is 0 Å². The second-order valence-electron chi connectivity index (χ2n) is 9.74. The summed E-state index contributed by atoms with van der Waals surface area (Å²) in [4.78, 5) is 34.1. The van der Waals surface area contributed by atoms with Crippen molar-refractivity contribution in [1.29, 1.82) is 0 Å². The average Bonchev–Trinajstić information content (AvgIpc) is 3.27. The maximum absolute atomic E-state index is 13.3.